The van der Waals surface area contributed by atoms with Crippen molar-refractivity contribution in [1.82, 2.24) is 0 Å². The Morgan fingerprint density at radius 2 is 1.54 bits per heavy atom. The Bertz CT molecular complexity index is 730. The summed E-state index contributed by atoms with van der Waals surface area (Å²) in [6.45, 7) is 10.0. The molecule has 0 radical (unpaired) electrons. The number of fused-ring (bicyclic) bond motifs is 3. The summed E-state index contributed by atoms with van der Waals surface area (Å²) >= 11 is 2.14. The molecule has 5 unspecified atom stereocenters. The van der Waals surface area contributed by atoms with Crippen LogP contribution in [-0.2, 0) is 0 Å². The Morgan fingerprint density at radius 1 is 0.875 bits per heavy atom. The van der Waals surface area contributed by atoms with E-state index in [4.69, 9.17) is 0 Å². The second-order valence-electron chi connectivity index (χ2n) is 8.10. The van der Waals surface area contributed by atoms with E-state index in [0.717, 1.165) is 22.6 Å². The lowest BCUT2D eigenvalue weighted by Crippen LogP contribution is -2.45. The van der Waals surface area contributed by atoms with Gasteiger partial charge in [0.2, 0.25) is 0 Å². The first kappa shape index (κ1) is 16.3. The predicted molar refractivity (Wildman–Crippen MR) is 108 cm³/mol. The summed E-state index contributed by atoms with van der Waals surface area (Å²) in [5, 5.41) is 0.756. The Balaban J connectivity index is 1.70. The fourth-order valence-electron chi connectivity index (χ4n) is 5.13. The second-order valence-corrected chi connectivity index (χ2v) is 13.7. The molecule has 0 saturated heterocycles. The molecule has 0 spiro atoms. The van der Waals surface area contributed by atoms with Crippen LogP contribution in [0.25, 0.3) is 0 Å². The van der Waals surface area contributed by atoms with E-state index in [1.165, 1.54) is 10.6 Å². The third kappa shape index (κ3) is 2.53. The third-order valence-electron chi connectivity index (χ3n) is 6.27. The van der Waals surface area contributed by atoms with E-state index in [2.05, 4.69) is 98.3 Å². The van der Waals surface area contributed by atoms with Gasteiger partial charge in [-0.3, -0.25) is 0 Å². The fraction of sp³-hybridized carbons (Fsp3) is 0.429. The average molecular weight is 354 g/mol. The van der Waals surface area contributed by atoms with Crippen molar-refractivity contribution in [1.29, 1.82) is 0 Å². The number of rotatable bonds is 3. The Labute approximate surface area is 151 Å². The van der Waals surface area contributed by atoms with Gasteiger partial charge in [0.05, 0.1) is 0 Å². The maximum absolute atomic E-state index is 3.98. The Hall–Kier alpha value is -1.19. The Kier molecular flexibility index (Phi) is 4.04. The minimum atomic E-state index is -1.63. The van der Waals surface area contributed by atoms with E-state index < -0.39 is 8.24 Å². The summed E-state index contributed by atoms with van der Waals surface area (Å²) in [5.41, 5.74) is 3.68. The molecule has 1 nitrogen and oxygen atoms in total. The molecule has 2 aliphatic rings. The van der Waals surface area contributed by atoms with Crippen LogP contribution in [0.5, 0.6) is 0 Å². The van der Waals surface area contributed by atoms with Crippen molar-refractivity contribution in [3.63, 3.8) is 0 Å². The van der Waals surface area contributed by atoms with Gasteiger partial charge in [-0.1, -0.05) is 63.3 Å². The van der Waals surface area contributed by atoms with Crippen molar-refractivity contribution in [3.05, 3.63) is 60.2 Å². The lowest BCUT2D eigenvalue weighted by atomic mass is 9.96. The average Bonchev–Trinajstić information content (AvgIpc) is 3.04. The molecule has 1 saturated carbocycles. The van der Waals surface area contributed by atoms with Gasteiger partial charge in [0, 0.05) is 15.8 Å². The van der Waals surface area contributed by atoms with E-state index in [-0.39, 0.29) is 0 Å². The van der Waals surface area contributed by atoms with Gasteiger partial charge < -0.3 is 4.98 Å². The summed E-state index contributed by atoms with van der Waals surface area (Å²) in [7, 11) is -1.63. The molecule has 5 atom stereocenters. The van der Waals surface area contributed by atoms with E-state index in [0.29, 0.717) is 5.92 Å². The minimum Gasteiger partial charge on any atom is -0.410 e. The number of nitrogens with one attached hydrogen (secondary N) is 1. The summed E-state index contributed by atoms with van der Waals surface area (Å²) in [6, 6.07) is 19.9. The maximum Gasteiger partial charge on any atom is 0.151 e. The summed E-state index contributed by atoms with van der Waals surface area (Å²) in [5.74, 6) is 2.27. The highest BCUT2D eigenvalue weighted by molar-refractivity contribution is 8.00. The lowest BCUT2D eigenvalue weighted by Gasteiger charge is -2.38. The molecule has 0 amide bonds. The van der Waals surface area contributed by atoms with Gasteiger partial charge in [-0.15, -0.1) is 11.8 Å². The highest BCUT2D eigenvalue weighted by atomic mass is 32.2. The Morgan fingerprint density at radius 3 is 2.29 bits per heavy atom. The van der Waals surface area contributed by atoms with Crippen LogP contribution < -0.4 is 4.98 Å². The smallest absolute Gasteiger partial charge is 0.151 e. The first-order valence-corrected chi connectivity index (χ1v) is 13.0. The fourth-order valence-corrected chi connectivity index (χ4v) is 11.0. The second kappa shape index (κ2) is 5.96. The number of anilines is 1. The topological polar surface area (TPSA) is 12.0 Å². The lowest BCUT2D eigenvalue weighted by molar-refractivity contribution is 0.456. The molecule has 1 aliphatic carbocycles. The van der Waals surface area contributed by atoms with Crippen molar-refractivity contribution in [2.45, 2.75) is 48.5 Å². The predicted octanol–water partition coefficient (Wildman–Crippen LogP) is 6.22. The highest BCUT2D eigenvalue weighted by Crippen LogP contribution is 2.64. The third-order valence-corrected chi connectivity index (χ3v) is 11.4. The highest BCUT2D eigenvalue weighted by Gasteiger charge is 2.56. The molecule has 0 aromatic heterocycles. The number of benzene rings is 2. The molecule has 0 bridgehead atoms. The zero-order chi connectivity index (χ0) is 16.9. The van der Waals surface area contributed by atoms with Crippen LogP contribution in [0, 0.1) is 11.8 Å². The first-order chi connectivity index (χ1) is 11.5. The van der Waals surface area contributed by atoms with Crippen molar-refractivity contribution in [2.24, 2.45) is 11.8 Å². The van der Waals surface area contributed by atoms with Gasteiger partial charge >= 0.3 is 0 Å². The number of para-hydroxylation sites is 1. The largest absolute Gasteiger partial charge is 0.410 e. The van der Waals surface area contributed by atoms with Crippen LogP contribution >= 0.6 is 11.8 Å². The summed E-state index contributed by atoms with van der Waals surface area (Å²) in [4.78, 5) is 5.51. The molecule has 2 aromatic carbocycles. The normalized spacial score (nSPS) is 31.6. The van der Waals surface area contributed by atoms with Gasteiger partial charge in [0.15, 0.2) is 8.24 Å². The van der Waals surface area contributed by atoms with Crippen LogP contribution in [0.15, 0.2) is 59.5 Å². The van der Waals surface area contributed by atoms with E-state index in [9.17, 15) is 0 Å². The van der Waals surface area contributed by atoms with Gasteiger partial charge in [-0.2, -0.15) is 0 Å². The molecule has 4 rings (SSSR count). The molecule has 1 N–H and O–H groups in total. The van der Waals surface area contributed by atoms with Gasteiger partial charge in [0.25, 0.3) is 0 Å². The maximum atomic E-state index is 3.98. The van der Waals surface area contributed by atoms with Gasteiger partial charge in [0.1, 0.15) is 0 Å². The standard InChI is InChI=1S/C21H27NSSi/c1-14-15(2)21(24(3,4)22-16-10-6-5-7-11-16)19-17-12-8-9-13-18(17)23-20(14)19/h5-15,19-22H,1-4H3. The van der Waals surface area contributed by atoms with Crippen LogP contribution in [0.1, 0.15) is 25.3 Å². The number of hydrogen-bond acceptors (Lipinski definition) is 2. The zero-order valence-corrected chi connectivity index (χ0v) is 16.8. The molecule has 126 valence electrons. The minimum absolute atomic E-state index is 0.717. The van der Waals surface area contributed by atoms with Gasteiger partial charge in [-0.25, -0.2) is 0 Å². The summed E-state index contributed by atoms with van der Waals surface area (Å²) < 4.78 is 0. The van der Waals surface area contributed by atoms with E-state index in [1.54, 1.807) is 5.56 Å². The SMILES string of the molecule is CC1C(C)C([Si](C)(C)Nc2ccccc2)C2c3ccccc3SC12. The van der Waals surface area contributed by atoms with Crippen molar-refractivity contribution >= 4 is 25.7 Å². The van der Waals surface area contributed by atoms with Crippen molar-refractivity contribution in [2.75, 3.05) is 4.98 Å². The molecule has 2 aromatic rings. The van der Waals surface area contributed by atoms with Crippen molar-refractivity contribution in [3.8, 4) is 0 Å². The number of thioether (sulfide) groups is 1. The molecule has 3 heteroatoms. The van der Waals surface area contributed by atoms with Crippen LogP contribution in [0.2, 0.25) is 18.6 Å². The van der Waals surface area contributed by atoms with E-state index >= 15 is 0 Å². The molecular weight excluding hydrogens is 326 g/mol. The van der Waals surface area contributed by atoms with E-state index in [1.807, 2.05) is 0 Å². The van der Waals surface area contributed by atoms with Gasteiger partial charge in [-0.05, 0) is 47.1 Å². The first-order valence-electron chi connectivity index (χ1n) is 9.08. The van der Waals surface area contributed by atoms with Crippen LogP contribution in [-0.4, -0.2) is 13.5 Å². The van der Waals surface area contributed by atoms with Crippen molar-refractivity contribution < 1.29 is 0 Å². The van der Waals surface area contributed by atoms with Crippen LogP contribution in [0.3, 0.4) is 0 Å². The van der Waals surface area contributed by atoms with Crippen LogP contribution in [0.4, 0.5) is 5.69 Å². The number of hydrogen-bond donors (Lipinski definition) is 1. The monoisotopic (exact) mass is 353 g/mol. The molecule has 1 fully saturated rings. The molecule has 1 heterocycles. The molecular formula is C21H27NSSi. The zero-order valence-electron chi connectivity index (χ0n) is 15.0. The molecule has 1 aliphatic heterocycles. The molecule has 24 heavy (non-hydrogen) atoms. The summed E-state index contributed by atoms with van der Waals surface area (Å²) in [6.07, 6.45) is 0. The quantitative estimate of drug-likeness (QED) is 0.658.